The Morgan fingerprint density at radius 1 is 1.32 bits per heavy atom. The maximum Gasteiger partial charge on any atom is 0.134 e. The van der Waals surface area contributed by atoms with Gasteiger partial charge in [-0.3, -0.25) is 4.90 Å². The fraction of sp³-hybridized carbons (Fsp3) is 0.538. The van der Waals surface area contributed by atoms with E-state index in [0.717, 1.165) is 31.7 Å². The van der Waals surface area contributed by atoms with E-state index >= 15 is 0 Å². The minimum atomic E-state index is 0. The van der Waals surface area contributed by atoms with Crippen LogP contribution in [-0.2, 0) is 0 Å². The van der Waals surface area contributed by atoms with Gasteiger partial charge in [0.15, 0.2) is 0 Å². The monoisotopic (exact) mass is 306 g/mol. The Morgan fingerprint density at radius 2 is 2.00 bits per heavy atom. The second kappa shape index (κ2) is 7.92. The summed E-state index contributed by atoms with van der Waals surface area (Å²) in [5.74, 6) is 0.100. The third-order valence-electron chi connectivity index (χ3n) is 3.35. The van der Waals surface area contributed by atoms with Gasteiger partial charge in [0, 0.05) is 38.8 Å². The zero-order valence-electron chi connectivity index (χ0n) is 10.7. The lowest BCUT2D eigenvalue weighted by atomic mass is 10.0. The van der Waals surface area contributed by atoms with Crippen LogP contribution in [0, 0.1) is 0 Å². The summed E-state index contributed by atoms with van der Waals surface area (Å²) in [4.78, 5) is 2.34. The Bertz CT molecular complexity index is 398. The van der Waals surface area contributed by atoms with Crippen LogP contribution in [0.1, 0.15) is 18.0 Å². The molecular weight excluding hydrogens is 287 g/mol. The van der Waals surface area contributed by atoms with E-state index in [4.69, 9.17) is 11.6 Å². The SMILES string of the molecule is Cl.OCC[C@@H](c1ccc(O)c(Cl)c1)N1CCNCC1. The van der Waals surface area contributed by atoms with Gasteiger partial charge in [-0.1, -0.05) is 17.7 Å². The smallest absolute Gasteiger partial charge is 0.134 e. The van der Waals surface area contributed by atoms with Crippen molar-refractivity contribution in [2.45, 2.75) is 12.5 Å². The van der Waals surface area contributed by atoms with E-state index in [0.29, 0.717) is 11.4 Å². The molecule has 1 heterocycles. The van der Waals surface area contributed by atoms with Crippen molar-refractivity contribution in [3.63, 3.8) is 0 Å². The van der Waals surface area contributed by atoms with Gasteiger partial charge in [-0.2, -0.15) is 0 Å². The summed E-state index contributed by atoms with van der Waals surface area (Å²) in [7, 11) is 0. The van der Waals surface area contributed by atoms with Gasteiger partial charge in [0.25, 0.3) is 0 Å². The molecule has 0 radical (unpaired) electrons. The first kappa shape index (κ1) is 16.5. The molecule has 1 saturated heterocycles. The van der Waals surface area contributed by atoms with Crippen LogP contribution in [0.15, 0.2) is 18.2 Å². The highest BCUT2D eigenvalue weighted by Crippen LogP contribution is 2.30. The predicted molar refractivity (Wildman–Crippen MR) is 79.3 cm³/mol. The first-order valence-corrected chi connectivity index (χ1v) is 6.64. The van der Waals surface area contributed by atoms with Gasteiger partial charge in [0.1, 0.15) is 5.75 Å². The first-order chi connectivity index (χ1) is 8.72. The second-order valence-electron chi connectivity index (χ2n) is 4.52. The minimum absolute atomic E-state index is 0. The van der Waals surface area contributed by atoms with Gasteiger partial charge >= 0.3 is 0 Å². The average Bonchev–Trinajstić information content (AvgIpc) is 2.40. The summed E-state index contributed by atoms with van der Waals surface area (Å²) in [6, 6.07) is 5.45. The quantitative estimate of drug-likeness (QED) is 0.794. The number of phenolic OH excluding ortho intramolecular Hbond substituents is 1. The molecular formula is C13H20Cl2N2O2. The predicted octanol–water partition coefficient (Wildman–Crippen LogP) is 1.80. The number of rotatable bonds is 4. The number of benzene rings is 1. The molecule has 4 nitrogen and oxygen atoms in total. The highest BCUT2D eigenvalue weighted by molar-refractivity contribution is 6.32. The second-order valence-corrected chi connectivity index (χ2v) is 4.93. The largest absolute Gasteiger partial charge is 0.506 e. The average molecular weight is 307 g/mol. The number of nitrogens with zero attached hydrogens (tertiary/aromatic N) is 1. The molecule has 1 aliphatic heterocycles. The lowest BCUT2D eigenvalue weighted by molar-refractivity contribution is 0.141. The molecule has 0 aliphatic carbocycles. The summed E-state index contributed by atoms with van der Waals surface area (Å²) in [5, 5.41) is 22.4. The van der Waals surface area contributed by atoms with Crippen LogP contribution in [0.4, 0.5) is 0 Å². The van der Waals surface area contributed by atoms with E-state index in [2.05, 4.69) is 10.2 Å². The molecule has 0 spiro atoms. The van der Waals surface area contributed by atoms with Crippen LogP contribution in [0.25, 0.3) is 0 Å². The molecule has 0 saturated carbocycles. The number of aliphatic hydroxyl groups is 1. The fourth-order valence-electron chi connectivity index (χ4n) is 2.41. The van der Waals surface area contributed by atoms with Crippen LogP contribution >= 0.6 is 24.0 Å². The zero-order chi connectivity index (χ0) is 13.0. The Hall–Kier alpha value is -0.520. The van der Waals surface area contributed by atoms with E-state index in [1.54, 1.807) is 12.1 Å². The van der Waals surface area contributed by atoms with Crippen molar-refractivity contribution in [3.05, 3.63) is 28.8 Å². The molecule has 19 heavy (non-hydrogen) atoms. The standard InChI is InChI=1S/C13H19ClN2O2.ClH/c14-11-9-10(1-2-13(11)18)12(3-8-17)16-6-4-15-5-7-16;/h1-2,9,12,15,17-18H,3-8H2;1H/t12-;/m0./s1. The number of nitrogens with one attached hydrogen (secondary N) is 1. The summed E-state index contributed by atoms with van der Waals surface area (Å²) >= 11 is 5.95. The van der Waals surface area contributed by atoms with Crippen LogP contribution in [0.2, 0.25) is 5.02 Å². The summed E-state index contributed by atoms with van der Waals surface area (Å²) in [6.45, 7) is 4.00. The molecule has 0 unspecified atom stereocenters. The first-order valence-electron chi connectivity index (χ1n) is 6.26. The van der Waals surface area contributed by atoms with Gasteiger partial charge in [0.05, 0.1) is 5.02 Å². The molecule has 6 heteroatoms. The maximum atomic E-state index is 9.46. The van der Waals surface area contributed by atoms with E-state index < -0.39 is 0 Å². The van der Waals surface area contributed by atoms with Gasteiger partial charge in [-0.05, 0) is 24.1 Å². The highest BCUT2D eigenvalue weighted by atomic mass is 35.5. The van der Waals surface area contributed by atoms with Crippen LogP contribution in [0.3, 0.4) is 0 Å². The number of piperazine rings is 1. The van der Waals surface area contributed by atoms with Crippen molar-refractivity contribution in [2.75, 3.05) is 32.8 Å². The number of hydrogen-bond acceptors (Lipinski definition) is 4. The summed E-state index contributed by atoms with van der Waals surface area (Å²) in [6.07, 6.45) is 0.682. The Labute approximate surface area is 124 Å². The number of aliphatic hydroxyl groups excluding tert-OH is 1. The van der Waals surface area contributed by atoms with E-state index in [1.807, 2.05) is 6.07 Å². The van der Waals surface area contributed by atoms with Gasteiger partial charge < -0.3 is 15.5 Å². The number of aromatic hydroxyl groups is 1. The third kappa shape index (κ3) is 4.23. The summed E-state index contributed by atoms with van der Waals surface area (Å²) in [5.41, 5.74) is 1.05. The van der Waals surface area contributed by atoms with Crippen molar-refractivity contribution >= 4 is 24.0 Å². The number of phenols is 1. The molecule has 1 atom stereocenters. The van der Waals surface area contributed by atoms with Crippen LogP contribution in [-0.4, -0.2) is 47.9 Å². The lowest BCUT2D eigenvalue weighted by Crippen LogP contribution is -2.45. The van der Waals surface area contributed by atoms with Gasteiger partial charge in [-0.15, -0.1) is 12.4 Å². The van der Waals surface area contributed by atoms with Crippen LogP contribution < -0.4 is 5.32 Å². The molecule has 2 rings (SSSR count). The number of halogens is 2. The molecule has 1 aromatic rings. The van der Waals surface area contributed by atoms with Crippen molar-refractivity contribution in [2.24, 2.45) is 0 Å². The maximum absolute atomic E-state index is 9.46. The van der Waals surface area contributed by atoms with E-state index in [-0.39, 0.29) is 30.8 Å². The molecule has 1 fully saturated rings. The highest BCUT2D eigenvalue weighted by Gasteiger charge is 2.22. The molecule has 0 bridgehead atoms. The Morgan fingerprint density at radius 3 is 2.58 bits per heavy atom. The Balaban J connectivity index is 0.00000180. The van der Waals surface area contributed by atoms with Gasteiger partial charge in [-0.25, -0.2) is 0 Å². The normalized spacial score (nSPS) is 17.8. The van der Waals surface area contributed by atoms with Gasteiger partial charge in [0.2, 0.25) is 0 Å². The lowest BCUT2D eigenvalue weighted by Gasteiger charge is -2.35. The molecule has 108 valence electrons. The molecule has 0 aromatic heterocycles. The Kier molecular flexibility index (Phi) is 6.89. The van der Waals surface area contributed by atoms with Crippen molar-refractivity contribution in [1.29, 1.82) is 0 Å². The van der Waals surface area contributed by atoms with Crippen LogP contribution in [0.5, 0.6) is 5.75 Å². The zero-order valence-corrected chi connectivity index (χ0v) is 12.3. The number of hydrogen-bond donors (Lipinski definition) is 3. The molecule has 3 N–H and O–H groups in total. The molecule has 0 amide bonds. The topological polar surface area (TPSA) is 55.7 Å². The van der Waals surface area contributed by atoms with E-state index in [1.165, 1.54) is 0 Å². The van der Waals surface area contributed by atoms with E-state index in [9.17, 15) is 10.2 Å². The molecule has 1 aliphatic rings. The third-order valence-corrected chi connectivity index (χ3v) is 3.65. The minimum Gasteiger partial charge on any atom is -0.506 e. The molecule has 1 aromatic carbocycles. The van der Waals surface area contributed by atoms with Crippen molar-refractivity contribution in [3.8, 4) is 5.75 Å². The van der Waals surface area contributed by atoms with Crippen molar-refractivity contribution < 1.29 is 10.2 Å². The van der Waals surface area contributed by atoms with Crippen molar-refractivity contribution in [1.82, 2.24) is 10.2 Å². The summed E-state index contributed by atoms with van der Waals surface area (Å²) < 4.78 is 0. The fourth-order valence-corrected chi connectivity index (χ4v) is 2.60.